The number of aromatic hydroxyl groups is 1. The molecule has 6 nitrogen and oxygen atoms in total. The number of carbonyl (C=O) groups is 1. The van der Waals surface area contributed by atoms with Gasteiger partial charge in [0.15, 0.2) is 0 Å². The van der Waals surface area contributed by atoms with Gasteiger partial charge in [0.2, 0.25) is 0 Å². The summed E-state index contributed by atoms with van der Waals surface area (Å²) < 4.78 is 0. The molecule has 1 rings (SSSR count). The lowest BCUT2D eigenvalue weighted by molar-refractivity contribution is 0.0140. The lowest BCUT2D eigenvalue weighted by atomic mass is 9.99. The van der Waals surface area contributed by atoms with Crippen molar-refractivity contribution >= 4 is 5.91 Å². The number of nitrogens with two attached hydrogens (primary N) is 1. The quantitative estimate of drug-likeness (QED) is 0.469. The first-order valence-electron chi connectivity index (χ1n) is 5.60. The summed E-state index contributed by atoms with van der Waals surface area (Å²) in [5.74, 6) is -1.03. The van der Waals surface area contributed by atoms with Crippen LogP contribution in [0.3, 0.4) is 0 Å². The van der Waals surface area contributed by atoms with Crippen LogP contribution in [0, 0.1) is 0 Å². The fourth-order valence-electron chi connectivity index (χ4n) is 1.61. The van der Waals surface area contributed by atoms with Crippen LogP contribution in [0.15, 0.2) is 18.2 Å². The largest absolute Gasteiger partial charge is 0.507 e. The molecule has 2 atom stereocenters. The van der Waals surface area contributed by atoms with Gasteiger partial charge in [-0.15, -0.1) is 0 Å². The number of aliphatic hydroxyl groups is 2. The van der Waals surface area contributed by atoms with Crippen molar-refractivity contribution < 1.29 is 20.1 Å². The summed E-state index contributed by atoms with van der Waals surface area (Å²) in [7, 11) is 1.74. The Morgan fingerprint density at radius 3 is 2.67 bits per heavy atom. The fourth-order valence-corrected chi connectivity index (χ4v) is 1.61. The number of primary amides is 1. The second kappa shape index (κ2) is 6.34. The van der Waals surface area contributed by atoms with Gasteiger partial charge in [-0.3, -0.25) is 4.79 Å². The number of nitrogens with one attached hydrogen (secondary N) is 1. The van der Waals surface area contributed by atoms with Crippen LogP contribution in [0.4, 0.5) is 0 Å². The predicted molar refractivity (Wildman–Crippen MR) is 66.1 cm³/mol. The van der Waals surface area contributed by atoms with Gasteiger partial charge < -0.3 is 26.4 Å². The van der Waals surface area contributed by atoms with E-state index < -0.39 is 18.1 Å². The monoisotopic (exact) mass is 254 g/mol. The van der Waals surface area contributed by atoms with Gasteiger partial charge in [0, 0.05) is 0 Å². The standard InChI is InChI=1S/C12H18N2O4/c1-14-5-4-10(16)11(17)7-2-3-9(15)8(6-7)12(13)18/h2-3,6,10-11,14-17H,4-5H2,1H3,(H2,13,18). The van der Waals surface area contributed by atoms with Crippen molar-refractivity contribution in [3.8, 4) is 5.75 Å². The van der Waals surface area contributed by atoms with Crippen molar-refractivity contribution in [2.75, 3.05) is 13.6 Å². The minimum absolute atomic E-state index is 0.0765. The zero-order valence-corrected chi connectivity index (χ0v) is 10.1. The van der Waals surface area contributed by atoms with E-state index >= 15 is 0 Å². The number of benzene rings is 1. The molecule has 0 aliphatic carbocycles. The molecule has 0 saturated heterocycles. The molecule has 18 heavy (non-hydrogen) atoms. The first-order valence-corrected chi connectivity index (χ1v) is 5.60. The third-order valence-corrected chi connectivity index (χ3v) is 2.68. The average molecular weight is 254 g/mol. The molecule has 1 amide bonds. The van der Waals surface area contributed by atoms with Crippen molar-refractivity contribution in [3.63, 3.8) is 0 Å². The SMILES string of the molecule is CNCCC(O)C(O)c1ccc(O)c(C(N)=O)c1. The maximum atomic E-state index is 11.0. The minimum Gasteiger partial charge on any atom is -0.507 e. The Morgan fingerprint density at radius 1 is 1.44 bits per heavy atom. The number of amides is 1. The molecule has 0 spiro atoms. The van der Waals surface area contributed by atoms with E-state index in [2.05, 4.69) is 5.32 Å². The van der Waals surface area contributed by atoms with Gasteiger partial charge in [-0.2, -0.15) is 0 Å². The molecular weight excluding hydrogens is 236 g/mol. The molecule has 1 aromatic carbocycles. The van der Waals surface area contributed by atoms with Gasteiger partial charge in [-0.05, 0) is 37.7 Å². The lowest BCUT2D eigenvalue weighted by Crippen LogP contribution is -2.23. The van der Waals surface area contributed by atoms with Gasteiger partial charge in [-0.25, -0.2) is 0 Å². The van der Waals surface area contributed by atoms with E-state index in [1.54, 1.807) is 7.05 Å². The second-order valence-electron chi connectivity index (χ2n) is 4.05. The molecule has 1 aromatic rings. The molecule has 0 fully saturated rings. The molecular formula is C12H18N2O4. The van der Waals surface area contributed by atoms with Crippen LogP contribution in [-0.2, 0) is 0 Å². The molecule has 0 bridgehead atoms. The first-order chi connectivity index (χ1) is 8.47. The number of carbonyl (C=O) groups excluding carboxylic acids is 1. The third-order valence-electron chi connectivity index (χ3n) is 2.68. The van der Waals surface area contributed by atoms with E-state index in [0.29, 0.717) is 18.5 Å². The summed E-state index contributed by atoms with van der Waals surface area (Å²) >= 11 is 0. The Kier molecular flexibility index (Phi) is 5.08. The molecule has 100 valence electrons. The van der Waals surface area contributed by atoms with Crippen LogP contribution in [0.25, 0.3) is 0 Å². The van der Waals surface area contributed by atoms with Crippen LogP contribution in [-0.4, -0.2) is 40.9 Å². The highest BCUT2D eigenvalue weighted by Crippen LogP contribution is 2.24. The molecule has 0 aliphatic heterocycles. The van der Waals surface area contributed by atoms with E-state index in [4.69, 9.17) is 5.73 Å². The molecule has 0 radical (unpaired) electrons. The van der Waals surface area contributed by atoms with E-state index in [1.807, 2.05) is 0 Å². The van der Waals surface area contributed by atoms with E-state index in [9.17, 15) is 20.1 Å². The number of hydrogen-bond acceptors (Lipinski definition) is 5. The zero-order chi connectivity index (χ0) is 13.7. The Bertz CT molecular complexity index is 423. The van der Waals surface area contributed by atoms with Crippen molar-refractivity contribution in [2.45, 2.75) is 18.6 Å². The molecule has 0 heterocycles. The average Bonchev–Trinajstić information content (AvgIpc) is 2.35. The number of rotatable bonds is 6. The van der Waals surface area contributed by atoms with Gasteiger partial charge in [-0.1, -0.05) is 6.07 Å². The highest BCUT2D eigenvalue weighted by atomic mass is 16.3. The van der Waals surface area contributed by atoms with Gasteiger partial charge >= 0.3 is 0 Å². The third kappa shape index (κ3) is 3.43. The van der Waals surface area contributed by atoms with Crippen molar-refractivity contribution in [2.24, 2.45) is 5.73 Å². The highest BCUT2D eigenvalue weighted by Gasteiger charge is 2.20. The van der Waals surface area contributed by atoms with E-state index in [-0.39, 0.29) is 11.3 Å². The van der Waals surface area contributed by atoms with Crippen LogP contribution in [0.2, 0.25) is 0 Å². The maximum Gasteiger partial charge on any atom is 0.252 e. The number of hydrogen-bond donors (Lipinski definition) is 5. The zero-order valence-electron chi connectivity index (χ0n) is 10.1. The molecule has 6 N–H and O–H groups in total. The first kappa shape index (κ1) is 14.4. The summed E-state index contributed by atoms with van der Waals surface area (Å²) in [6.45, 7) is 0.555. The smallest absolute Gasteiger partial charge is 0.252 e. The van der Waals surface area contributed by atoms with Crippen LogP contribution in [0.1, 0.15) is 28.4 Å². The van der Waals surface area contributed by atoms with Crippen molar-refractivity contribution in [1.82, 2.24) is 5.32 Å². The molecule has 0 aromatic heterocycles. The summed E-state index contributed by atoms with van der Waals surface area (Å²) in [6.07, 6.45) is -1.72. The van der Waals surface area contributed by atoms with Crippen LogP contribution < -0.4 is 11.1 Å². The summed E-state index contributed by atoms with van der Waals surface area (Å²) in [6, 6.07) is 3.99. The highest BCUT2D eigenvalue weighted by molar-refractivity contribution is 5.95. The van der Waals surface area contributed by atoms with Crippen molar-refractivity contribution in [3.05, 3.63) is 29.3 Å². The Labute approximate surface area is 105 Å². The van der Waals surface area contributed by atoms with E-state index in [0.717, 1.165) is 0 Å². The predicted octanol–water partition coefficient (Wildman–Crippen LogP) is -0.505. The topological polar surface area (TPSA) is 116 Å². The van der Waals surface area contributed by atoms with Crippen LogP contribution >= 0.6 is 0 Å². The molecule has 0 aliphatic rings. The van der Waals surface area contributed by atoms with Gasteiger partial charge in [0.1, 0.15) is 11.9 Å². The van der Waals surface area contributed by atoms with E-state index in [1.165, 1.54) is 18.2 Å². The number of aliphatic hydroxyl groups excluding tert-OH is 2. The lowest BCUT2D eigenvalue weighted by Gasteiger charge is -2.18. The molecule has 0 saturated carbocycles. The summed E-state index contributed by atoms with van der Waals surface area (Å²) in [4.78, 5) is 11.0. The minimum atomic E-state index is -1.13. The summed E-state index contributed by atoms with van der Waals surface area (Å²) in [5.41, 5.74) is 5.35. The number of phenols is 1. The second-order valence-corrected chi connectivity index (χ2v) is 4.05. The van der Waals surface area contributed by atoms with Crippen molar-refractivity contribution in [1.29, 1.82) is 0 Å². The normalized spacial score (nSPS) is 14.2. The Balaban J connectivity index is 2.89. The van der Waals surface area contributed by atoms with Crippen LogP contribution in [0.5, 0.6) is 5.75 Å². The fraction of sp³-hybridized carbons (Fsp3) is 0.417. The maximum absolute atomic E-state index is 11.0. The van der Waals surface area contributed by atoms with Gasteiger partial charge in [0.05, 0.1) is 11.7 Å². The molecule has 6 heteroatoms. The van der Waals surface area contributed by atoms with Gasteiger partial charge in [0.25, 0.3) is 5.91 Å². The Hall–Kier alpha value is -1.63. The summed E-state index contributed by atoms with van der Waals surface area (Å²) in [5, 5.41) is 31.9. The Morgan fingerprint density at radius 2 is 2.11 bits per heavy atom. The molecule has 2 unspecified atom stereocenters.